The number of hydrogen-bond acceptors (Lipinski definition) is 4. The molecular weight excluding hydrogens is 366 g/mol. The first-order valence-electron chi connectivity index (χ1n) is 9.92. The summed E-state index contributed by atoms with van der Waals surface area (Å²) in [6, 6.07) is 14.9. The smallest absolute Gasteiger partial charge is 0.311 e. The molecular formula is C23H21N3O3. The molecule has 1 N–H and O–H groups in total. The van der Waals surface area contributed by atoms with Gasteiger partial charge in [-0.05, 0) is 43.0 Å². The van der Waals surface area contributed by atoms with E-state index in [1.54, 1.807) is 17.2 Å². The predicted molar refractivity (Wildman–Crippen MR) is 108 cm³/mol. The highest BCUT2D eigenvalue weighted by atomic mass is 16.4. The van der Waals surface area contributed by atoms with Gasteiger partial charge >= 0.3 is 5.97 Å². The number of aliphatic carboxylic acids is 1. The molecule has 2 aromatic heterocycles. The van der Waals surface area contributed by atoms with E-state index in [1.165, 1.54) is 0 Å². The first-order chi connectivity index (χ1) is 14.1. The van der Waals surface area contributed by atoms with Gasteiger partial charge in [-0.3, -0.25) is 14.6 Å². The van der Waals surface area contributed by atoms with Crippen LogP contribution in [0.5, 0.6) is 0 Å². The third-order valence-electron chi connectivity index (χ3n) is 6.46. The number of pyridine rings is 2. The molecule has 6 heteroatoms. The Hall–Kier alpha value is -3.28. The number of carboxylic acids is 1. The van der Waals surface area contributed by atoms with Crippen molar-refractivity contribution in [1.82, 2.24) is 14.9 Å². The first-order valence-corrected chi connectivity index (χ1v) is 9.92. The average molecular weight is 387 g/mol. The minimum Gasteiger partial charge on any atom is -0.481 e. The van der Waals surface area contributed by atoms with Gasteiger partial charge in [0.1, 0.15) is 0 Å². The monoisotopic (exact) mass is 387 g/mol. The van der Waals surface area contributed by atoms with Crippen molar-refractivity contribution < 1.29 is 14.7 Å². The summed E-state index contributed by atoms with van der Waals surface area (Å²) in [7, 11) is 0. The molecule has 2 fully saturated rings. The lowest BCUT2D eigenvalue weighted by molar-refractivity contribution is -0.149. The Balaban J connectivity index is 1.58. The van der Waals surface area contributed by atoms with Crippen LogP contribution >= 0.6 is 0 Å². The second-order valence-corrected chi connectivity index (χ2v) is 8.02. The summed E-state index contributed by atoms with van der Waals surface area (Å²) >= 11 is 0. The second-order valence-electron chi connectivity index (χ2n) is 8.02. The molecule has 146 valence electrons. The van der Waals surface area contributed by atoms with E-state index in [-0.39, 0.29) is 18.4 Å². The van der Waals surface area contributed by atoms with Crippen LogP contribution in [0, 0.1) is 11.3 Å². The number of benzene rings is 1. The van der Waals surface area contributed by atoms with E-state index in [2.05, 4.69) is 9.97 Å². The third kappa shape index (κ3) is 2.78. The lowest BCUT2D eigenvalue weighted by Gasteiger charge is -2.23. The summed E-state index contributed by atoms with van der Waals surface area (Å²) in [5.74, 6) is -0.868. The molecule has 2 atom stereocenters. The minimum absolute atomic E-state index is 0.0345. The maximum absolute atomic E-state index is 13.5. The van der Waals surface area contributed by atoms with Crippen LogP contribution in [0.2, 0.25) is 0 Å². The summed E-state index contributed by atoms with van der Waals surface area (Å²) < 4.78 is 0. The SMILES string of the molecule is O=C(c1cc(-c2ccccn2)nc2ccccc12)N1C[C@@H]2CCC[C@@]2(C(=O)O)C1. The Morgan fingerprint density at radius 1 is 1.10 bits per heavy atom. The highest BCUT2D eigenvalue weighted by molar-refractivity contribution is 6.07. The maximum Gasteiger partial charge on any atom is 0.311 e. The number of hydrogen-bond donors (Lipinski definition) is 1. The van der Waals surface area contributed by atoms with Crippen LogP contribution in [0.4, 0.5) is 0 Å². The maximum atomic E-state index is 13.5. The molecule has 0 unspecified atom stereocenters. The van der Waals surface area contributed by atoms with E-state index in [9.17, 15) is 14.7 Å². The van der Waals surface area contributed by atoms with Gasteiger partial charge in [-0.25, -0.2) is 4.98 Å². The number of amides is 1. The Kier molecular flexibility index (Phi) is 4.08. The molecule has 5 rings (SSSR count). The third-order valence-corrected chi connectivity index (χ3v) is 6.46. The van der Waals surface area contributed by atoms with Crippen molar-refractivity contribution in [3.05, 3.63) is 60.3 Å². The molecule has 0 spiro atoms. The van der Waals surface area contributed by atoms with Crippen molar-refractivity contribution >= 4 is 22.8 Å². The molecule has 6 nitrogen and oxygen atoms in total. The lowest BCUT2D eigenvalue weighted by atomic mass is 9.81. The Morgan fingerprint density at radius 2 is 1.93 bits per heavy atom. The molecule has 1 saturated heterocycles. The highest BCUT2D eigenvalue weighted by Gasteiger charge is 2.55. The molecule has 0 bridgehead atoms. The highest BCUT2D eigenvalue weighted by Crippen LogP contribution is 2.49. The minimum atomic E-state index is -0.789. The van der Waals surface area contributed by atoms with Crippen molar-refractivity contribution in [2.45, 2.75) is 19.3 Å². The quantitative estimate of drug-likeness (QED) is 0.742. The number of para-hydroxylation sites is 1. The Morgan fingerprint density at radius 3 is 2.69 bits per heavy atom. The second kappa shape index (κ2) is 6.65. The van der Waals surface area contributed by atoms with Crippen LogP contribution in [0.1, 0.15) is 29.6 Å². The van der Waals surface area contributed by atoms with E-state index < -0.39 is 11.4 Å². The predicted octanol–water partition coefficient (Wildman–Crippen LogP) is 3.62. The molecule has 1 aliphatic heterocycles. The molecule has 3 aromatic rings. The number of nitrogens with zero attached hydrogens (tertiary/aromatic N) is 3. The molecule has 1 aromatic carbocycles. The van der Waals surface area contributed by atoms with Crippen molar-refractivity contribution in [3.8, 4) is 11.4 Å². The van der Waals surface area contributed by atoms with E-state index in [0.717, 1.165) is 23.7 Å². The average Bonchev–Trinajstić information content (AvgIpc) is 3.32. The summed E-state index contributed by atoms with van der Waals surface area (Å²) in [4.78, 5) is 36.3. The van der Waals surface area contributed by atoms with Gasteiger partial charge in [0.05, 0.1) is 27.9 Å². The van der Waals surface area contributed by atoms with E-state index in [0.29, 0.717) is 29.9 Å². The fourth-order valence-electron chi connectivity index (χ4n) is 4.96. The van der Waals surface area contributed by atoms with Gasteiger partial charge in [0.15, 0.2) is 0 Å². The van der Waals surface area contributed by atoms with Crippen molar-refractivity contribution in [1.29, 1.82) is 0 Å². The number of carboxylic acid groups (broad SMARTS) is 1. The summed E-state index contributed by atoms with van der Waals surface area (Å²) in [6.45, 7) is 0.780. The Bertz CT molecular complexity index is 1110. The Labute approximate surface area is 168 Å². The molecule has 3 heterocycles. The van der Waals surface area contributed by atoms with Crippen LogP contribution in [-0.2, 0) is 4.79 Å². The van der Waals surface area contributed by atoms with Crippen molar-refractivity contribution in [2.24, 2.45) is 11.3 Å². The number of fused-ring (bicyclic) bond motifs is 2. The van der Waals surface area contributed by atoms with Crippen LogP contribution in [0.15, 0.2) is 54.7 Å². The number of likely N-dealkylation sites (tertiary alicyclic amines) is 1. The van der Waals surface area contributed by atoms with Crippen LogP contribution in [-0.4, -0.2) is 44.9 Å². The molecule has 1 amide bonds. The van der Waals surface area contributed by atoms with Gasteiger partial charge in [-0.2, -0.15) is 0 Å². The number of carbonyl (C=O) groups excluding carboxylic acids is 1. The van der Waals surface area contributed by atoms with Gasteiger partial charge in [-0.15, -0.1) is 0 Å². The van der Waals surface area contributed by atoms with Crippen LogP contribution in [0.3, 0.4) is 0 Å². The topological polar surface area (TPSA) is 83.4 Å². The van der Waals surface area contributed by atoms with Crippen LogP contribution in [0.25, 0.3) is 22.3 Å². The van der Waals surface area contributed by atoms with E-state index in [1.807, 2.05) is 42.5 Å². The van der Waals surface area contributed by atoms with Gasteiger partial charge in [0.2, 0.25) is 0 Å². The lowest BCUT2D eigenvalue weighted by Crippen LogP contribution is -2.37. The summed E-state index contributed by atoms with van der Waals surface area (Å²) in [5.41, 5.74) is 1.83. The van der Waals surface area contributed by atoms with Crippen molar-refractivity contribution in [2.75, 3.05) is 13.1 Å². The zero-order chi connectivity index (χ0) is 20.0. The summed E-state index contributed by atoms with van der Waals surface area (Å²) in [5, 5.41) is 10.6. The summed E-state index contributed by atoms with van der Waals surface area (Å²) in [6.07, 6.45) is 4.13. The standard InChI is InChI=1S/C23H21N3O3/c27-21(26-13-15-6-5-10-23(15,14-26)22(28)29)17-12-20(19-9-3-4-11-24-19)25-18-8-2-1-7-16(17)18/h1-4,7-9,11-12,15H,5-6,10,13-14H2,(H,28,29)/t15-,23+/m0/s1. The van der Waals surface area contributed by atoms with Crippen molar-refractivity contribution in [3.63, 3.8) is 0 Å². The van der Waals surface area contributed by atoms with E-state index in [4.69, 9.17) is 0 Å². The van der Waals surface area contributed by atoms with Gasteiger partial charge in [0, 0.05) is 24.7 Å². The largest absolute Gasteiger partial charge is 0.481 e. The molecule has 29 heavy (non-hydrogen) atoms. The number of rotatable bonds is 3. The van der Waals surface area contributed by atoms with Crippen LogP contribution < -0.4 is 0 Å². The molecule has 1 saturated carbocycles. The normalized spacial score (nSPS) is 23.3. The fraction of sp³-hybridized carbons (Fsp3) is 0.304. The number of aromatic nitrogens is 2. The molecule has 0 radical (unpaired) electrons. The zero-order valence-electron chi connectivity index (χ0n) is 15.9. The zero-order valence-corrected chi connectivity index (χ0v) is 15.9. The fourth-order valence-corrected chi connectivity index (χ4v) is 4.96. The van der Waals surface area contributed by atoms with E-state index >= 15 is 0 Å². The number of carbonyl (C=O) groups is 2. The van der Waals surface area contributed by atoms with Gasteiger partial charge in [0.25, 0.3) is 5.91 Å². The molecule has 1 aliphatic carbocycles. The first kappa shape index (κ1) is 17.8. The van der Waals surface area contributed by atoms with Gasteiger partial charge < -0.3 is 10.0 Å². The van der Waals surface area contributed by atoms with Gasteiger partial charge in [-0.1, -0.05) is 30.7 Å². The molecule has 2 aliphatic rings.